The van der Waals surface area contributed by atoms with Crippen molar-refractivity contribution in [1.29, 1.82) is 0 Å². The van der Waals surface area contributed by atoms with Crippen molar-refractivity contribution in [2.75, 3.05) is 44.3 Å². The molecule has 1 N–H and O–H groups in total. The number of nitrogens with one attached hydrogen (secondary N) is 1. The van der Waals surface area contributed by atoms with Gasteiger partial charge in [0.15, 0.2) is 9.84 Å². The van der Waals surface area contributed by atoms with Gasteiger partial charge in [0.05, 0.1) is 18.1 Å². The molecule has 7 aliphatic rings. The zero-order valence-corrected chi connectivity index (χ0v) is 33.6. The summed E-state index contributed by atoms with van der Waals surface area (Å²) in [4.78, 5) is 6.25. The number of halogens is 1. The number of pyridine rings is 1. The quantitative estimate of drug-likeness (QED) is 0.269. The first-order chi connectivity index (χ1) is 24.7. The maximum Gasteiger partial charge on any atom is 0.216 e. The van der Waals surface area contributed by atoms with Crippen LogP contribution in [-0.2, 0) is 9.84 Å². The van der Waals surface area contributed by atoms with E-state index in [1.165, 1.54) is 70.3 Å². The molecule has 1 aliphatic heterocycles. The van der Waals surface area contributed by atoms with Gasteiger partial charge >= 0.3 is 0 Å². The smallest absolute Gasteiger partial charge is 0.216 e. The van der Waals surface area contributed by atoms with Crippen LogP contribution in [0.3, 0.4) is 0 Å². The van der Waals surface area contributed by atoms with Crippen LogP contribution in [0.25, 0.3) is 0 Å². The molecule has 0 spiro atoms. The number of hydrogen-bond acceptors (Lipinski definition) is 6. The Morgan fingerprint density at radius 3 is 2.46 bits per heavy atom. The molecule has 2 heterocycles. The van der Waals surface area contributed by atoms with Crippen LogP contribution in [0.4, 0.5) is 4.39 Å². The monoisotopic (exact) mass is 735 g/mol. The first kappa shape index (κ1) is 37.2. The Hall–Kier alpha value is -1.77. The van der Waals surface area contributed by atoms with E-state index >= 15 is 0 Å². The van der Waals surface area contributed by atoms with Crippen LogP contribution in [0.15, 0.2) is 41.5 Å². The number of nitrogens with zero attached hydrogens (tertiary/aromatic N) is 2. The van der Waals surface area contributed by atoms with Gasteiger partial charge in [-0.05, 0) is 146 Å². The maximum atomic E-state index is 13.6. The highest BCUT2D eigenvalue weighted by Crippen LogP contribution is 2.76. The Kier molecular flexibility index (Phi) is 9.62. The molecule has 9 atom stereocenters. The molecule has 0 bridgehead atoms. The summed E-state index contributed by atoms with van der Waals surface area (Å²) in [6.45, 7) is 17.3. The molecule has 0 radical (unpaired) electrons. The summed E-state index contributed by atoms with van der Waals surface area (Å²) in [5.41, 5.74) is 4.68. The minimum atomic E-state index is -2.83. The van der Waals surface area contributed by atoms with Gasteiger partial charge in [-0.1, -0.05) is 59.3 Å². The van der Waals surface area contributed by atoms with Crippen molar-refractivity contribution in [3.05, 3.63) is 47.4 Å². The van der Waals surface area contributed by atoms with Crippen molar-refractivity contribution in [1.82, 2.24) is 15.2 Å². The highest BCUT2D eigenvalue weighted by atomic mass is 32.2. The molecule has 5 fully saturated rings. The van der Waals surface area contributed by atoms with Gasteiger partial charge in [-0.2, -0.15) is 9.37 Å². The lowest BCUT2D eigenvalue weighted by Gasteiger charge is -2.72. The topological polar surface area (TPSA) is 71.5 Å². The summed E-state index contributed by atoms with van der Waals surface area (Å²) >= 11 is 0. The Morgan fingerprint density at radius 2 is 1.71 bits per heavy atom. The van der Waals surface area contributed by atoms with Crippen LogP contribution < -0.4 is 10.1 Å². The SMILES string of the molecule is CC1(C)C(C2=CC[C@H](COc3cccc(F)n3)CC2)=CC[C@@]2(C)C1CC[C@]1(C)C2CC[C@@H]2[C@H]3CCC[C@]3(NCCN3CCS(=O)(=O)CC3)CC[C@]21C. The zero-order valence-electron chi connectivity index (χ0n) is 32.8. The molecule has 8 heteroatoms. The van der Waals surface area contributed by atoms with Gasteiger partial charge in [0.1, 0.15) is 0 Å². The molecule has 4 saturated carbocycles. The molecule has 0 amide bonds. The van der Waals surface area contributed by atoms with Crippen LogP contribution >= 0.6 is 0 Å². The summed E-state index contributed by atoms with van der Waals surface area (Å²) in [7, 11) is -2.83. The molecule has 1 saturated heterocycles. The fourth-order valence-electron chi connectivity index (χ4n) is 14.4. The van der Waals surface area contributed by atoms with Crippen molar-refractivity contribution >= 4 is 9.84 Å². The van der Waals surface area contributed by atoms with Gasteiger partial charge in [0, 0.05) is 37.8 Å². The number of aromatic nitrogens is 1. The Labute approximate surface area is 314 Å². The first-order valence-corrected chi connectivity index (χ1v) is 22.8. The Bertz CT molecular complexity index is 1680. The van der Waals surface area contributed by atoms with Crippen molar-refractivity contribution < 1.29 is 17.5 Å². The minimum absolute atomic E-state index is 0.155. The van der Waals surface area contributed by atoms with Gasteiger partial charge in [0.25, 0.3) is 0 Å². The molecule has 52 heavy (non-hydrogen) atoms. The summed E-state index contributed by atoms with van der Waals surface area (Å²) in [6.07, 6.45) is 21.8. The van der Waals surface area contributed by atoms with Gasteiger partial charge in [0.2, 0.25) is 11.8 Å². The highest BCUT2D eigenvalue weighted by molar-refractivity contribution is 7.91. The van der Waals surface area contributed by atoms with E-state index in [1.807, 2.05) is 0 Å². The van der Waals surface area contributed by atoms with E-state index in [-0.39, 0.29) is 11.0 Å². The fraction of sp³-hybridized carbons (Fsp3) is 0.795. The van der Waals surface area contributed by atoms with Gasteiger partial charge < -0.3 is 15.0 Å². The molecule has 1 aromatic rings. The van der Waals surface area contributed by atoms with E-state index in [2.05, 4.69) is 62.0 Å². The van der Waals surface area contributed by atoms with E-state index in [1.54, 1.807) is 23.3 Å². The number of fused-ring (bicyclic) bond motifs is 7. The molecular weight excluding hydrogens is 670 g/mol. The highest BCUT2D eigenvalue weighted by Gasteiger charge is 2.69. The van der Waals surface area contributed by atoms with E-state index in [4.69, 9.17) is 4.74 Å². The minimum Gasteiger partial charge on any atom is -0.477 e. The van der Waals surface area contributed by atoms with Crippen LogP contribution in [0.2, 0.25) is 0 Å². The average molecular weight is 736 g/mol. The third kappa shape index (κ3) is 6.15. The van der Waals surface area contributed by atoms with Crippen LogP contribution in [0.1, 0.15) is 118 Å². The summed E-state index contributed by atoms with van der Waals surface area (Å²) in [6, 6.07) is 4.76. The van der Waals surface area contributed by atoms with E-state index in [0.29, 0.717) is 65.2 Å². The van der Waals surface area contributed by atoms with Gasteiger partial charge in [-0.3, -0.25) is 0 Å². The van der Waals surface area contributed by atoms with Gasteiger partial charge in [-0.15, -0.1) is 0 Å². The van der Waals surface area contributed by atoms with Crippen molar-refractivity contribution in [2.24, 2.45) is 51.2 Å². The molecule has 2 unspecified atom stereocenters. The predicted octanol–water partition coefficient (Wildman–Crippen LogP) is 8.79. The second kappa shape index (κ2) is 13.5. The van der Waals surface area contributed by atoms with E-state index in [9.17, 15) is 12.8 Å². The summed E-state index contributed by atoms with van der Waals surface area (Å²) in [5, 5.41) is 4.19. The lowest BCUT2D eigenvalue weighted by atomic mass is 9.33. The maximum absolute atomic E-state index is 13.6. The lowest BCUT2D eigenvalue weighted by molar-refractivity contribution is -0.218. The van der Waals surface area contributed by atoms with E-state index in [0.717, 1.165) is 50.1 Å². The summed E-state index contributed by atoms with van der Waals surface area (Å²) < 4.78 is 43.4. The van der Waals surface area contributed by atoms with Crippen molar-refractivity contribution in [3.63, 3.8) is 0 Å². The third-order valence-electron chi connectivity index (χ3n) is 17.3. The standard InChI is InChI=1S/C44H66FN3O3S/c1-40(2)33(32-13-11-31(12-14-32)30-51-39-10-6-9-38(45)47-39)17-20-41(3)36(40)18-21-43(5)37(41)16-15-34-35-8-7-19-44(35,23-22-42(34,43)4)46-24-25-48-26-28-52(49,50)29-27-48/h6,9-10,13,17,31,34-37,46H,7-8,11-12,14-16,18-30H2,1-5H3/t31-,34+,35+,36?,37?,41-,42+,43+,44-/m0/s1. The number of hydrogen-bond donors (Lipinski definition) is 1. The first-order valence-electron chi connectivity index (χ1n) is 21.0. The molecule has 6 nitrogen and oxygen atoms in total. The van der Waals surface area contributed by atoms with Crippen molar-refractivity contribution in [3.8, 4) is 5.88 Å². The molecule has 6 aliphatic carbocycles. The molecular formula is C44H66FN3O3S. The predicted molar refractivity (Wildman–Crippen MR) is 207 cm³/mol. The normalized spacial score (nSPS) is 42.5. The van der Waals surface area contributed by atoms with Gasteiger partial charge in [-0.25, -0.2) is 8.42 Å². The number of sulfone groups is 1. The van der Waals surface area contributed by atoms with E-state index < -0.39 is 15.8 Å². The second-order valence-electron chi connectivity index (χ2n) is 19.8. The average Bonchev–Trinajstić information content (AvgIpc) is 3.53. The number of allylic oxidation sites excluding steroid dienone is 4. The van der Waals surface area contributed by atoms with Crippen molar-refractivity contribution in [2.45, 2.75) is 124 Å². The lowest BCUT2D eigenvalue weighted by Crippen LogP contribution is -2.67. The van der Waals surface area contributed by atoms with Crippen LogP contribution in [0, 0.1) is 57.2 Å². The molecule has 8 rings (SSSR count). The molecule has 288 valence electrons. The largest absolute Gasteiger partial charge is 0.477 e. The third-order valence-corrected chi connectivity index (χ3v) is 18.9. The number of rotatable bonds is 8. The molecule has 0 aromatic carbocycles. The fourth-order valence-corrected chi connectivity index (χ4v) is 15.7. The van der Waals surface area contributed by atoms with Crippen LogP contribution in [0.5, 0.6) is 5.88 Å². The van der Waals surface area contributed by atoms with Crippen LogP contribution in [-0.4, -0.2) is 68.1 Å². The summed E-state index contributed by atoms with van der Waals surface area (Å²) in [5.74, 6) is 3.99. The Balaban J connectivity index is 0.949. The molecule has 1 aromatic heterocycles. The second-order valence-corrected chi connectivity index (χ2v) is 22.1. The Morgan fingerprint density at radius 1 is 0.904 bits per heavy atom. The zero-order chi connectivity index (χ0) is 36.6. The number of ether oxygens (including phenoxy) is 1.